The molecule has 0 aromatic carbocycles. The van der Waals surface area contributed by atoms with E-state index in [0.29, 0.717) is 6.04 Å². The van der Waals surface area contributed by atoms with Gasteiger partial charge in [-0.05, 0) is 33.2 Å². The van der Waals surface area contributed by atoms with Gasteiger partial charge in [0.25, 0.3) is 0 Å². The highest BCUT2D eigenvalue weighted by atomic mass is 16.5. The Morgan fingerprint density at radius 3 is 2.94 bits per heavy atom. The van der Waals surface area contributed by atoms with Crippen LogP contribution in [0, 0.1) is 0 Å². The summed E-state index contributed by atoms with van der Waals surface area (Å²) in [7, 11) is 0. The highest BCUT2D eigenvalue weighted by Gasteiger charge is 2.32. The quantitative estimate of drug-likeness (QED) is 0.677. The van der Waals surface area contributed by atoms with Gasteiger partial charge in [0, 0.05) is 38.3 Å². The second kappa shape index (κ2) is 5.99. The normalized spacial score (nSPS) is 32.6. The Morgan fingerprint density at radius 1 is 1.25 bits per heavy atom. The molecule has 0 saturated carbocycles. The molecule has 0 aliphatic carbocycles. The van der Waals surface area contributed by atoms with Crippen molar-refractivity contribution in [2.24, 2.45) is 0 Å². The fraction of sp³-hybridized carbons (Fsp3) is 1.00. The van der Waals surface area contributed by atoms with Crippen molar-refractivity contribution in [2.45, 2.75) is 45.2 Å². The summed E-state index contributed by atoms with van der Waals surface area (Å²) in [6.45, 7) is 11.1. The lowest BCUT2D eigenvalue weighted by Crippen LogP contribution is -2.59. The number of hydrogen-bond donors (Lipinski definition) is 0. The van der Waals surface area contributed by atoms with Crippen molar-refractivity contribution < 1.29 is 4.74 Å². The van der Waals surface area contributed by atoms with E-state index in [0.717, 1.165) is 25.8 Å². The van der Waals surface area contributed by atoms with Crippen LogP contribution in [0.5, 0.6) is 0 Å². The van der Waals surface area contributed by atoms with Crippen LogP contribution < -0.4 is 0 Å². The van der Waals surface area contributed by atoms with Gasteiger partial charge in [-0.1, -0.05) is 6.42 Å². The lowest BCUT2D eigenvalue weighted by atomic mass is 9.97. The second-order valence-electron chi connectivity index (χ2n) is 5.19. The Bertz CT molecular complexity index is 210. The Morgan fingerprint density at radius 2 is 2.12 bits per heavy atom. The first-order chi connectivity index (χ1) is 7.81. The molecule has 2 atom stereocenters. The van der Waals surface area contributed by atoms with Gasteiger partial charge in [0.1, 0.15) is 0 Å². The first-order valence-electron chi connectivity index (χ1n) is 6.87. The Balaban J connectivity index is 1.80. The van der Waals surface area contributed by atoms with Crippen LogP contribution in [-0.4, -0.2) is 61.3 Å². The summed E-state index contributed by atoms with van der Waals surface area (Å²) in [6, 6.07) is 1.53. The summed E-state index contributed by atoms with van der Waals surface area (Å²) < 4.78 is 5.47. The molecule has 3 heteroatoms. The van der Waals surface area contributed by atoms with Gasteiger partial charge in [-0.2, -0.15) is 0 Å². The van der Waals surface area contributed by atoms with Gasteiger partial charge in [0.05, 0.1) is 6.61 Å². The van der Waals surface area contributed by atoms with Crippen molar-refractivity contribution in [2.75, 3.05) is 39.4 Å². The molecule has 0 bridgehead atoms. The van der Waals surface area contributed by atoms with Crippen LogP contribution in [0.1, 0.15) is 33.1 Å². The van der Waals surface area contributed by atoms with E-state index in [1.54, 1.807) is 0 Å². The Labute approximate surface area is 99.7 Å². The Kier molecular flexibility index (Phi) is 4.62. The SMILES string of the molecule is CCOCCN1CC2CCCCN2CC1C. The minimum Gasteiger partial charge on any atom is -0.380 e. The molecule has 16 heavy (non-hydrogen) atoms. The molecule has 0 N–H and O–H groups in total. The average molecular weight is 226 g/mol. The highest BCUT2D eigenvalue weighted by molar-refractivity contribution is 4.88. The third kappa shape index (κ3) is 2.96. The van der Waals surface area contributed by atoms with Crippen LogP contribution in [0.25, 0.3) is 0 Å². The lowest BCUT2D eigenvalue weighted by Gasteiger charge is -2.47. The molecule has 0 radical (unpaired) electrons. The van der Waals surface area contributed by atoms with E-state index in [1.165, 1.54) is 38.9 Å². The van der Waals surface area contributed by atoms with Crippen molar-refractivity contribution in [3.8, 4) is 0 Å². The summed E-state index contributed by atoms with van der Waals surface area (Å²) in [5, 5.41) is 0. The molecule has 0 spiro atoms. The first kappa shape index (κ1) is 12.3. The standard InChI is InChI=1S/C13H26N2O/c1-3-16-9-8-14-11-13-6-4-5-7-15(13)10-12(14)2/h12-13H,3-11H2,1-2H3. The number of ether oxygens (including phenoxy) is 1. The van der Waals surface area contributed by atoms with Gasteiger partial charge in [0.15, 0.2) is 0 Å². The minimum atomic E-state index is 0.704. The zero-order valence-electron chi connectivity index (χ0n) is 10.8. The summed E-state index contributed by atoms with van der Waals surface area (Å²) >= 11 is 0. The van der Waals surface area contributed by atoms with Gasteiger partial charge in [-0.15, -0.1) is 0 Å². The largest absolute Gasteiger partial charge is 0.380 e. The maximum Gasteiger partial charge on any atom is 0.0593 e. The van der Waals surface area contributed by atoms with Gasteiger partial charge in [-0.3, -0.25) is 9.80 Å². The number of hydrogen-bond acceptors (Lipinski definition) is 3. The summed E-state index contributed by atoms with van der Waals surface area (Å²) in [6.07, 6.45) is 4.23. The molecule has 2 aliphatic heterocycles. The van der Waals surface area contributed by atoms with Crippen molar-refractivity contribution >= 4 is 0 Å². The molecule has 2 heterocycles. The predicted molar refractivity (Wildman–Crippen MR) is 66.7 cm³/mol. The molecule has 2 rings (SSSR count). The number of rotatable bonds is 4. The summed E-state index contributed by atoms with van der Waals surface area (Å²) in [4.78, 5) is 5.31. The molecule has 3 nitrogen and oxygen atoms in total. The van der Waals surface area contributed by atoms with E-state index in [9.17, 15) is 0 Å². The number of nitrogens with zero attached hydrogens (tertiary/aromatic N) is 2. The minimum absolute atomic E-state index is 0.704. The van der Waals surface area contributed by atoms with E-state index < -0.39 is 0 Å². The fourth-order valence-electron chi connectivity index (χ4n) is 3.05. The van der Waals surface area contributed by atoms with Crippen molar-refractivity contribution in [3.05, 3.63) is 0 Å². The third-order valence-electron chi connectivity index (χ3n) is 4.04. The molecule has 0 aromatic rings. The Hall–Kier alpha value is -0.120. The van der Waals surface area contributed by atoms with Crippen molar-refractivity contribution in [1.82, 2.24) is 9.80 Å². The average Bonchev–Trinajstić information content (AvgIpc) is 2.30. The van der Waals surface area contributed by atoms with Gasteiger partial charge < -0.3 is 4.74 Å². The molecule has 2 saturated heterocycles. The van der Waals surface area contributed by atoms with Crippen molar-refractivity contribution in [1.29, 1.82) is 0 Å². The zero-order chi connectivity index (χ0) is 11.4. The molecule has 0 amide bonds. The summed E-state index contributed by atoms with van der Waals surface area (Å²) in [5.74, 6) is 0. The van der Waals surface area contributed by atoms with E-state index >= 15 is 0 Å². The van der Waals surface area contributed by atoms with Crippen LogP contribution in [0.15, 0.2) is 0 Å². The smallest absolute Gasteiger partial charge is 0.0593 e. The summed E-state index contributed by atoms with van der Waals surface area (Å²) in [5.41, 5.74) is 0. The molecule has 2 aliphatic rings. The van der Waals surface area contributed by atoms with E-state index in [4.69, 9.17) is 4.74 Å². The maximum absolute atomic E-state index is 5.47. The predicted octanol–water partition coefficient (Wildman–Crippen LogP) is 1.58. The first-order valence-corrected chi connectivity index (χ1v) is 6.87. The molecular weight excluding hydrogens is 200 g/mol. The molecule has 94 valence electrons. The van der Waals surface area contributed by atoms with Crippen LogP contribution in [0.2, 0.25) is 0 Å². The fourth-order valence-corrected chi connectivity index (χ4v) is 3.05. The maximum atomic E-state index is 5.47. The topological polar surface area (TPSA) is 15.7 Å². The van der Waals surface area contributed by atoms with Gasteiger partial charge in [0.2, 0.25) is 0 Å². The van der Waals surface area contributed by atoms with Crippen LogP contribution in [0.3, 0.4) is 0 Å². The van der Waals surface area contributed by atoms with Crippen LogP contribution in [-0.2, 0) is 4.74 Å². The van der Waals surface area contributed by atoms with E-state index in [2.05, 4.69) is 23.6 Å². The molecular formula is C13H26N2O. The second-order valence-corrected chi connectivity index (χ2v) is 5.19. The third-order valence-corrected chi connectivity index (χ3v) is 4.04. The van der Waals surface area contributed by atoms with Crippen molar-refractivity contribution in [3.63, 3.8) is 0 Å². The molecule has 2 unspecified atom stereocenters. The number of fused-ring (bicyclic) bond motifs is 1. The number of piperazine rings is 1. The number of piperidine rings is 1. The van der Waals surface area contributed by atoms with Crippen LogP contribution in [0.4, 0.5) is 0 Å². The highest BCUT2D eigenvalue weighted by Crippen LogP contribution is 2.23. The van der Waals surface area contributed by atoms with E-state index in [-0.39, 0.29) is 0 Å². The lowest BCUT2D eigenvalue weighted by molar-refractivity contribution is 0.000523. The van der Waals surface area contributed by atoms with Gasteiger partial charge in [-0.25, -0.2) is 0 Å². The molecule has 2 fully saturated rings. The van der Waals surface area contributed by atoms with Crippen LogP contribution >= 0.6 is 0 Å². The van der Waals surface area contributed by atoms with E-state index in [1.807, 2.05) is 0 Å². The van der Waals surface area contributed by atoms with Gasteiger partial charge >= 0.3 is 0 Å². The monoisotopic (exact) mass is 226 g/mol. The zero-order valence-corrected chi connectivity index (χ0v) is 10.8. The molecule has 0 aromatic heterocycles.